The second-order valence-electron chi connectivity index (χ2n) is 3.75. The zero-order valence-electron chi connectivity index (χ0n) is 9.81. The molecule has 0 aliphatic heterocycles. The molecule has 0 spiro atoms. The summed E-state index contributed by atoms with van der Waals surface area (Å²) in [5.74, 6) is -1.45. The van der Waals surface area contributed by atoms with Crippen LogP contribution in [0.25, 0.3) is 12.2 Å². The summed E-state index contributed by atoms with van der Waals surface area (Å²) >= 11 is 0.483. The third-order valence-corrected chi connectivity index (χ3v) is 3.12. The molecule has 0 amide bonds. The molecule has 0 fully saturated rings. The Bertz CT molecular complexity index is 622. The number of rotatable bonds is 3. The quantitative estimate of drug-likeness (QED) is 0.459. The Morgan fingerprint density at radius 3 is 2.11 bits per heavy atom. The molecule has 19 heavy (non-hydrogen) atoms. The second kappa shape index (κ2) is 6.17. The van der Waals surface area contributed by atoms with Crippen molar-refractivity contribution in [2.75, 3.05) is 0 Å². The molecule has 0 atom stereocenters. The van der Waals surface area contributed by atoms with Crippen molar-refractivity contribution < 1.29 is 8.78 Å². The summed E-state index contributed by atoms with van der Waals surface area (Å²) in [6, 6.07) is 11.9. The van der Waals surface area contributed by atoms with E-state index < -0.39 is 11.6 Å². The van der Waals surface area contributed by atoms with Gasteiger partial charge in [-0.25, -0.2) is 8.78 Å². The van der Waals surface area contributed by atoms with Crippen LogP contribution < -0.4 is 0 Å². The van der Waals surface area contributed by atoms with Crippen LogP contribution in [0.4, 0.5) is 8.78 Å². The highest BCUT2D eigenvalue weighted by molar-refractivity contribution is 8.03. The third kappa shape index (κ3) is 3.43. The van der Waals surface area contributed by atoms with E-state index in [1.54, 1.807) is 17.6 Å². The topological polar surface area (TPSA) is 23.8 Å². The van der Waals surface area contributed by atoms with Gasteiger partial charge in [0.25, 0.3) is 0 Å². The molecule has 0 aromatic heterocycles. The van der Waals surface area contributed by atoms with Crippen molar-refractivity contribution in [1.29, 1.82) is 5.26 Å². The van der Waals surface area contributed by atoms with Gasteiger partial charge >= 0.3 is 0 Å². The van der Waals surface area contributed by atoms with Crippen LogP contribution >= 0.6 is 11.8 Å². The van der Waals surface area contributed by atoms with Gasteiger partial charge in [-0.2, -0.15) is 5.26 Å². The van der Waals surface area contributed by atoms with Gasteiger partial charge in [-0.15, -0.1) is 0 Å². The molecule has 0 saturated heterocycles. The van der Waals surface area contributed by atoms with Gasteiger partial charge in [0.1, 0.15) is 17.0 Å². The van der Waals surface area contributed by atoms with Crippen molar-refractivity contribution in [3.63, 3.8) is 0 Å². The lowest BCUT2D eigenvalue weighted by Gasteiger charge is -2.01. The second-order valence-corrected chi connectivity index (χ2v) is 4.55. The van der Waals surface area contributed by atoms with Crippen molar-refractivity contribution in [3.05, 3.63) is 65.2 Å². The van der Waals surface area contributed by atoms with Crippen molar-refractivity contribution in [1.82, 2.24) is 0 Å². The van der Waals surface area contributed by atoms with Crippen LogP contribution in [0.2, 0.25) is 0 Å². The van der Waals surface area contributed by atoms with Crippen LogP contribution in [0.1, 0.15) is 11.1 Å². The summed E-state index contributed by atoms with van der Waals surface area (Å²) in [5, 5.41) is 10.1. The first-order valence-electron chi connectivity index (χ1n) is 5.49. The van der Waals surface area contributed by atoms with Gasteiger partial charge < -0.3 is 0 Å². The Kier molecular flexibility index (Phi) is 4.32. The Labute approximate surface area is 114 Å². The Hall–Kier alpha value is -2.12. The number of halogens is 2. The van der Waals surface area contributed by atoms with E-state index in [2.05, 4.69) is 0 Å². The minimum Gasteiger partial charge on any atom is -0.206 e. The molecule has 0 N–H and O–H groups in total. The van der Waals surface area contributed by atoms with Crippen LogP contribution in [0, 0.1) is 22.3 Å². The number of hydrogen-bond donors (Lipinski definition) is 0. The third-order valence-electron chi connectivity index (χ3n) is 2.44. The Morgan fingerprint density at radius 2 is 1.53 bits per heavy atom. The van der Waals surface area contributed by atoms with Gasteiger partial charge in [0.2, 0.25) is 0 Å². The number of thiocyanates is 1. The predicted molar refractivity (Wildman–Crippen MR) is 73.2 cm³/mol. The highest BCUT2D eigenvalue weighted by atomic mass is 32.2. The van der Waals surface area contributed by atoms with Gasteiger partial charge in [-0.3, -0.25) is 0 Å². The molecule has 4 heteroatoms. The van der Waals surface area contributed by atoms with Crippen LogP contribution in [0.15, 0.2) is 47.4 Å². The highest BCUT2D eigenvalue weighted by Gasteiger charge is 2.10. The summed E-state index contributed by atoms with van der Waals surface area (Å²) in [4.78, 5) is -0.264. The van der Waals surface area contributed by atoms with Crippen LogP contribution in [-0.2, 0) is 0 Å². The van der Waals surface area contributed by atoms with E-state index in [0.717, 1.165) is 5.56 Å². The first-order valence-corrected chi connectivity index (χ1v) is 6.30. The number of thioether (sulfide) groups is 1. The molecule has 1 nitrogen and oxygen atoms in total. The number of benzene rings is 2. The normalized spacial score (nSPS) is 10.6. The van der Waals surface area contributed by atoms with Crippen molar-refractivity contribution in [3.8, 4) is 5.40 Å². The SMILES string of the molecule is N#CSc1c(F)cc(C=Cc2ccccc2)cc1F. The molecular weight excluding hydrogens is 264 g/mol. The first kappa shape index (κ1) is 13.3. The summed E-state index contributed by atoms with van der Waals surface area (Å²) in [7, 11) is 0. The van der Waals surface area contributed by atoms with E-state index in [4.69, 9.17) is 5.26 Å². The number of hydrogen-bond acceptors (Lipinski definition) is 2. The van der Waals surface area contributed by atoms with Crippen LogP contribution in [0.3, 0.4) is 0 Å². The average molecular weight is 273 g/mol. The maximum atomic E-state index is 13.6. The zero-order chi connectivity index (χ0) is 13.7. The molecule has 2 aromatic carbocycles. The molecule has 2 rings (SSSR count). The lowest BCUT2D eigenvalue weighted by molar-refractivity contribution is 0.540. The van der Waals surface area contributed by atoms with Gasteiger partial charge in [0.15, 0.2) is 0 Å². The summed E-state index contributed by atoms with van der Waals surface area (Å²) < 4.78 is 27.2. The molecule has 0 aliphatic carbocycles. The Balaban J connectivity index is 2.28. The fraction of sp³-hybridized carbons (Fsp3) is 0. The van der Waals surface area contributed by atoms with Crippen molar-refractivity contribution in [2.24, 2.45) is 0 Å². The molecule has 0 bridgehead atoms. The van der Waals surface area contributed by atoms with E-state index in [9.17, 15) is 8.78 Å². The average Bonchev–Trinajstić information content (AvgIpc) is 2.42. The van der Waals surface area contributed by atoms with Crippen LogP contribution in [-0.4, -0.2) is 0 Å². The Morgan fingerprint density at radius 1 is 0.947 bits per heavy atom. The molecule has 0 radical (unpaired) electrons. The molecule has 0 saturated carbocycles. The summed E-state index contributed by atoms with van der Waals surface area (Å²) in [5.41, 5.74) is 1.36. The minimum absolute atomic E-state index is 0.264. The van der Waals surface area contributed by atoms with E-state index in [1.807, 2.05) is 30.3 Å². The largest absolute Gasteiger partial charge is 0.206 e. The molecule has 0 heterocycles. The van der Waals surface area contributed by atoms with Crippen molar-refractivity contribution >= 4 is 23.9 Å². The number of nitriles is 1. The van der Waals surface area contributed by atoms with E-state index in [0.29, 0.717) is 17.3 Å². The number of nitrogens with zero attached hydrogens (tertiary/aromatic N) is 1. The van der Waals surface area contributed by atoms with Gasteiger partial charge in [0.05, 0.1) is 4.90 Å². The molecule has 94 valence electrons. The highest BCUT2D eigenvalue weighted by Crippen LogP contribution is 2.26. The lowest BCUT2D eigenvalue weighted by Crippen LogP contribution is -1.88. The molecular formula is C15H9F2NS. The molecule has 2 aromatic rings. The first-order chi connectivity index (χ1) is 9.20. The van der Waals surface area contributed by atoms with Crippen molar-refractivity contribution in [2.45, 2.75) is 4.90 Å². The van der Waals surface area contributed by atoms with Gasteiger partial charge in [0, 0.05) is 0 Å². The molecule has 0 aliphatic rings. The smallest absolute Gasteiger partial charge is 0.141 e. The molecule has 0 unspecified atom stereocenters. The summed E-state index contributed by atoms with van der Waals surface area (Å²) in [6.45, 7) is 0. The maximum absolute atomic E-state index is 13.6. The van der Waals surface area contributed by atoms with Gasteiger partial charge in [-0.05, 0) is 35.0 Å². The van der Waals surface area contributed by atoms with E-state index in [1.165, 1.54) is 12.1 Å². The van der Waals surface area contributed by atoms with Crippen LogP contribution in [0.5, 0.6) is 0 Å². The standard InChI is InChI=1S/C15H9F2NS/c16-13-8-12(9-14(17)15(13)19-10-18)7-6-11-4-2-1-3-5-11/h1-9H. The zero-order valence-corrected chi connectivity index (χ0v) is 10.6. The monoisotopic (exact) mass is 273 g/mol. The maximum Gasteiger partial charge on any atom is 0.141 e. The van der Waals surface area contributed by atoms with Gasteiger partial charge in [-0.1, -0.05) is 42.5 Å². The fourth-order valence-corrected chi connectivity index (χ4v) is 1.98. The van der Waals surface area contributed by atoms with E-state index in [-0.39, 0.29) is 4.90 Å². The lowest BCUT2D eigenvalue weighted by atomic mass is 10.1. The van der Waals surface area contributed by atoms with E-state index >= 15 is 0 Å². The predicted octanol–water partition coefficient (Wildman–Crippen LogP) is 4.71. The summed E-state index contributed by atoms with van der Waals surface area (Å²) in [6.07, 6.45) is 3.40. The minimum atomic E-state index is -0.723. The fourth-order valence-electron chi connectivity index (χ4n) is 1.58.